The first-order valence-corrected chi connectivity index (χ1v) is 13.1. The minimum Gasteiger partial charge on any atom is -0.492 e. The van der Waals surface area contributed by atoms with Crippen LogP contribution in [-0.2, 0) is 21.1 Å². The van der Waals surface area contributed by atoms with Gasteiger partial charge in [-0.15, -0.1) is 0 Å². The Balaban J connectivity index is 2.00. The molecule has 0 heterocycles. The monoisotopic (exact) mass is 554 g/mol. The number of aryl methyl sites for hydroxylation is 1. The SMILES string of the molecule is CC(=O)c1cc(Br)c(OCCCS(=O)(=O)c2ccc(C(=O)CCC(=O)O)cc2)c(CCCO)c1. The average molecular weight is 555 g/mol. The molecule has 0 radical (unpaired) electrons. The van der Waals surface area contributed by atoms with Gasteiger partial charge in [-0.05, 0) is 71.9 Å². The van der Waals surface area contributed by atoms with E-state index < -0.39 is 15.8 Å². The van der Waals surface area contributed by atoms with Crippen molar-refractivity contribution < 1.29 is 37.8 Å². The van der Waals surface area contributed by atoms with Crippen LogP contribution in [0.15, 0.2) is 45.8 Å². The summed E-state index contributed by atoms with van der Waals surface area (Å²) in [6.07, 6.45) is 0.771. The van der Waals surface area contributed by atoms with E-state index in [-0.39, 0.29) is 60.3 Å². The number of carboxylic acids is 1. The van der Waals surface area contributed by atoms with Gasteiger partial charge in [-0.1, -0.05) is 12.1 Å². The molecule has 2 aromatic carbocycles. The predicted octanol–water partition coefficient (Wildman–Crippen LogP) is 3.87. The normalized spacial score (nSPS) is 11.3. The number of carbonyl (C=O) groups is 3. The van der Waals surface area contributed by atoms with Crippen molar-refractivity contribution in [2.75, 3.05) is 19.0 Å². The summed E-state index contributed by atoms with van der Waals surface area (Å²) in [6, 6.07) is 8.82. The van der Waals surface area contributed by atoms with E-state index in [1.807, 2.05) is 0 Å². The number of rotatable bonds is 14. The Morgan fingerprint density at radius 3 is 2.26 bits per heavy atom. The van der Waals surface area contributed by atoms with Crippen molar-refractivity contribution in [1.29, 1.82) is 0 Å². The van der Waals surface area contributed by atoms with E-state index in [9.17, 15) is 22.8 Å². The molecule has 0 amide bonds. The van der Waals surface area contributed by atoms with Crippen LogP contribution in [-0.4, -0.2) is 55.1 Å². The highest BCUT2D eigenvalue weighted by Crippen LogP contribution is 2.32. The molecule has 0 unspecified atom stereocenters. The molecule has 0 bridgehead atoms. The Kier molecular flexibility index (Phi) is 10.4. The minimum absolute atomic E-state index is 0.0104. The third-order valence-electron chi connectivity index (χ3n) is 5.04. The first kappa shape index (κ1) is 27.7. The second kappa shape index (κ2) is 12.8. The molecule has 0 saturated heterocycles. The van der Waals surface area contributed by atoms with E-state index in [1.165, 1.54) is 31.2 Å². The van der Waals surface area contributed by atoms with Crippen LogP contribution in [0.25, 0.3) is 0 Å². The summed E-state index contributed by atoms with van der Waals surface area (Å²) in [6.45, 7) is 1.57. The van der Waals surface area contributed by atoms with Crippen molar-refractivity contribution >= 4 is 43.3 Å². The van der Waals surface area contributed by atoms with Crippen LogP contribution in [0.3, 0.4) is 0 Å². The molecule has 0 saturated carbocycles. The molecule has 0 aliphatic rings. The highest BCUT2D eigenvalue weighted by Gasteiger charge is 2.17. The number of carbonyl (C=O) groups excluding carboxylic acids is 2. The maximum absolute atomic E-state index is 12.6. The van der Waals surface area contributed by atoms with E-state index in [0.29, 0.717) is 28.6 Å². The number of aliphatic hydroxyl groups excluding tert-OH is 1. The zero-order chi connectivity index (χ0) is 25.3. The van der Waals surface area contributed by atoms with Crippen LogP contribution in [0, 0.1) is 0 Å². The third-order valence-corrected chi connectivity index (χ3v) is 7.44. The molecule has 0 aliphatic carbocycles. The van der Waals surface area contributed by atoms with Gasteiger partial charge in [0.05, 0.1) is 28.1 Å². The van der Waals surface area contributed by atoms with Gasteiger partial charge in [0.15, 0.2) is 21.4 Å². The molecule has 8 nitrogen and oxygen atoms in total. The Bertz CT molecular complexity index is 1140. The largest absolute Gasteiger partial charge is 0.492 e. The minimum atomic E-state index is -3.61. The van der Waals surface area contributed by atoms with Crippen LogP contribution in [0.4, 0.5) is 0 Å². The van der Waals surface area contributed by atoms with Gasteiger partial charge in [-0.3, -0.25) is 14.4 Å². The Morgan fingerprint density at radius 2 is 1.68 bits per heavy atom. The van der Waals surface area contributed by atoms with Crippen molar-refractivity contribution in [2.45, 2.75) is 43.9 Å². The summed E-state index contributed by atoms with van der Waals surface area (Å²) in [5.41, 5.74) is 1.53. The van der Waals surface area contributed by atoms with Crippen LogP contribution in [0.1, 0.15) is 58.9 Å². The number of halogens is 1. The van der Waals surface area contributed by atoms with Crippen LogP contribution in [0.2, 0.25) is 0 Å². The molecule has 2 rings (SSSR count). The molecule has 0 aromatic heterocycles. The fourth-order valence-corrected chi connectivity index (χ4v) is 5.12. The number of Topliss-reactive ketones (excluding diaryl/α,β-unsaturated/α-hetero) is 2. The van der Waals surface area contributed by atoms with Crippen molar-refractivity contribution in [3.8, 4) is 5.75 Å². The number of carboxylic acid groups (broad SMARTS) is 1. The number of aliphatic carboxylic acids is 1. The molecule has 0 fully saturated rings. The van der Waals surface area contributed by atoms with E-state index >= 15 is 0 Å². The van der Waals surface area contributed by atoms with Gasteiger partial charge in [0.1, 0.15) is 5.75 Å². The van der Waals surface area contributed by atoms with Gasteiger partial charge in [0, 0.05) is 24.2 Å². The third kappa shape index (κ3) is 8.03. The maximum Gasteiger partial charge on any atom is 0.303 e. The van der Waals surface area contributed by atoms with E-state index in [4.69, 9.17) is 14.9 Å². The van der Waals surface area contributed by atoms with Crippen LogP contribution in [0.5, 0.6) is 5.75 Å². The molecule has 0 spiro atoms. The van der Waals surface area contributed by atoms with E-state index in [2.05, 4.69) is 15.9 Å². The number of aliphatic hydroxyl groups is 1. The van der Waals surface area contributed by atoms with Crippen LogP contribution < -0.4 is 4.74 Å². The molecule has 10 heteroatoms. The molecule has 184 valence electrons. The summed E-state index contributed by atoms with van der Waals surface area (Å²) in [5.74, 6) is -1.19. The number of sulfone groups is 1. The highest BCUT2D eigenvalue weighted by atomic mass is 79.9. The van der Waals surface area contributed by atoms with Crippen molar-refractivity contribution in [1.82, 2.24) is 0 Å². The molecular formula is C24H27BrO8S. The Hall–Kier alpha value is -2.56. The lowest BCUT2D eigenvalue weighted by Crippen LogP contribution is -2.12. The molecule has 2 aromatic rings. The highest BCUT2D eigenvalue weighted by molar-refractivity contribution is 9.10. The second-order valence-electron chi connectivity index (χ2n) is 7.69. The van der Waals surface area contributed by atoms with Gasteiger partial charge < -0.3 is 14.9 Å². The zero-order valence-corrected chi connectivity index (χ0v) is 21.2. The molecule has 34 heavy (non-hydrogen) atoms. The van der Waals surface area contributed by atoms with Crippen LogP contribution >= 0.6 is 15.9 Å². The predicted molar refractivity (Wildman–Crippen MR) is 129 cm³/mol. The van der Waals surface area contributed by atoms with Gasteiger partial charge >= 0.3 is 5.97 Å². The molecule has 0 atom stereocenters. The lowest BCUT2D eigenvalue weighted by Gasteiger charge is -2.15. The molecular weight excluding hydrogens is 528 g/mol. The van der Waals surface area contributed by atoms with Crippen molar-refractivity contribution in [3.05, 3.63) is 57.6 Å². The quantitative estimate of drug-likeness (QED) is 0.265. The fourth-order valence-electron chi connectivity index (χ4n) is 3.22. The van der Waals surface area contributed by atoms with E-state index in [1.54, 1.807) is 12.1 Å². The number of ether oxygens (including phenoxy) is 1. The summed E-state index contributed by atoms with van der Waals surface area (Å²) in [5, 5.41) is 17.8. The van der Waals surface area contributed by atoms with Gasteiger partial charge in [-0.2, -0.15) is 0 Å². The summed E-state index contributed by atoms with van der Waals surface area (Å²) in [4.78, 5) is 34.4. The Morgan fingerprint density at radius 1 is 1.00 bits per heavy atom. The maximum atomic E-state index is 12.6. The molecule has 2 N–H and O–H groups in total. The van der Waals surface area contributed by atoms with Gasteiger partial charge in [0.2, 0.25) is 0 Å². The standard InChI is InChI=1S/C24H27BrO8S/c1-16(27)19-14-18(4-2-11-26)24(21(25)15-19)33-12-3-13-34(31,32)20-7-5-17(6-8-20)22(28)9-10-23(29)30/h5-8,14-15,26H,2-4,9-13H2,1H3,(H,29,30). The smallest absolute Gasteiger partial charge is 0.303 e. The number of ketones is 2. The lowest BCUT2D eigenvalue weighted by atomic mass is 10.0. The summed E-state index contributed by atoms with van der Waals surface area (Å²) in [7, 11) is -3.61. The zero-order valence-electron chi connectivity index (χ0n) is 18.8. The number of hydrogen-bond donors (Lipinski definition) is 2. The lowest BCUT2D eigenvalue weighted by molar-refractivity contribution is -0.136. The van der Waals surface area contributed by atoms with E-state index in [0.717, 1.165) is 5.56 Å². The first-order chi connectivity index (χ1) is 16.0. The van der Waals surface area contributed by atoms with Crippen molar-refractivity contribution in [3.63, 3.8) is 0 Å². The van der Waals surface area contributed by atoms with Gasteiger partial charge in [0.25, 0.3) is 0 Å². The topological polar surface area (TPSA) is 135 Å². The molecule has 0 aliphatic heterocycles. The summed E-state index contributed by atoms with van der Waals surface area (Å²) < 4.78 is 31.7. The fraction of sp³-hybridized carbons (Fsp3) is 0.375. The number of hydrogen-bond acceptors (Lipinski definition) is 7. The van der Waals surface area contributed by atoms with Gasteiger partial charge in [-0.25, -0.2) is 8.42 Å². The van der Waals surface area contributed by atoms with Crippen molar-refractivity contribution in [2.24, 2.45) is 0 Å². The second-order valence-corrected chi connectivity index (χ2v) is 10.7. The Labute approximate surface area is 207 Å². The number of benzene rings is 2. The first-order valence-electron chi connectivity index (χ1n) is 10.7. The summed E-state index contributed by atoms with van der Waals surface area (Å²) >= 11 is 3.41. The average Bonchev–Trinajstić information content (AvgIpc) is 2.79.